The fourth-order valence-electron chi connectivity index (χ4n) is 3.52. The maximum atomic E-state index is 12.8. The van der Waals surface area contributed by atoms with Crippen molar-refractivity contribution in [2.75, 3.05) is 16.2 Å². The molecule has 0 bridgehead atoms. The molecule has 0 saturated carbocycles. The zero-order valence-electron chi connectivity index (χ0n) is 15.6. The van der Waals surface area contributed by atoms with Crippen molar-refractivity contribution in [1.29, 1.82) is 0 Å². The Morgan fingerprint density at radius 1 is 1.11 bits per heavy atom. The molecule has 0 atom stereocenters. The first-order chi connectivity index (χ1) is 13.3. The molecular weight excluding hydrogens is 392 g/mol. The highest BCUT2D eigenvalue weighted by Gasteiger charge is 2.27. The van der Waals surface area contributed by atoms with E-state index in [1.54, 1.807) is 30.0 Å². The smallest absolute Gasteiger partial charge is 0.268 e. The standard InChI is InChI=1S/C21H20N2O3S2/c1-14-5-8-20(15(2)12-14)28(25,26)22-17-6-7-18-16(13-17)9-10-23(18)21(24)19-4-3-11-27-19/h3-8,11-13,22H,9-10H2,1-2H3. The van der Waals surface area contributed by atoms with E-state index in [1.165, 1.54) is 11.3 Å². The number of aryl methyl sites for hydroxylation is 2. The van der Waals surface area contributed by atoms with Crippen molar-refractivity contribution < 1.29 is 13.2 Å². The van der Waals surface area contributed by atoms with Gasteiger partial charge in [0.1, 0.15) is 0 Å². The van der Waals surface area contributed by atoms with Crippen LogP contribution >= 0.6 is 11.3 Å². The number of hydrogen-bond acceptors (Lipinski definition) is 4. The lowest BCUT2D eigenvalue weighted by atomic mass is 10.1. The molecule has 1 N–H and O–H groups in total. The molecule has 0 fully saturated rings. The summed E-state index contributed by atoms with van der Waals surface area (Å²) in [5.41, 5.74) is 4.04. The van der Waals surface area contributed by atoms with E-state index in [2.05, 4.69) is 4.72 Å². The Kier molecular flexibility index (Phi) is 4.72. The molecular formula is C21H20N2O3S2. The van der Waals surface area contributed by atoms with Gasteiger partial charge in [-0.05, 0) is 67.1 Å². The number of nitrogens with one attached hydrogen (secondary N) is 1. The van der Waals surface area contributed by atoms with Crippen LogP contribution < -0.4 is 9.62 Å². The zero-order chi connectivity index (χ0) is 19.9. The maximum Gasteiger partial charge on any atom is 0.268 e. The first-order valence-electron chi connectivity index (χ1n) is 8.93. The largest absolute Gasteiger partial charge is 0.307 e. The van der Waals surface area contributed by atoms with Crippen molar-refractivity contribution in [3.63, 3.8) is 0 Å². The van der Waals surface area contributed by atoms with Crippen molar-refractivity contribution in [2.24, 2.45) is 0 Å². The third-order valence-corrected chi connectivity index (χ3v) is 7.22. The Balaban J connectivity index is 1.59. The zero-order valence-corrected chi connectivity index (χ0v) is 17.2. The minimum absolute atomic E-state index is 0.0163. The van der Waals surface area contributed by atoms with Crippen molar-refractivity contribution in [3.05, 3.63) is 75.5 Å². The molecule has 0 spiro atoms. The number of hydrogen-bond donors (Lipinski definition) is 1. The Bertz CT molecular complexity index is 1150. The number of anilines is 2. The van der Waals surface area contributed by atoms with Gasteiger partial charge in [-0.1, -0.05) is 23.8 Å². The molecule has 0 unspecified atom stereocenters. The van der Waals surface area contributed by atoms with Gasteiger partial charge in [-0.25, -0.2) is 8.42 Å². The van der Waals surface area contributed by atoms with Crippen LogP contribution in [0.2, 0.25) is 0 Å². The average Bonchev–Trinajstić information content (AvgIpc) is 3.30. The molecule has 0 saturated heterocycles. The predicted molar refractivity (Wildman–Crippen MR) is 113 cm³/mol. The van der Waals surface area contributed by atoms with E-state index in [1.807, 2.05) is 42.6 Å². The fraction of sp³-hybridized carbons (Fsp3) is 0.190. The summed E-state index contributed by atoms with van der Waals surface area (Å²) in [5, 5.41) is 1.88. The molecule has 1 aliphatic rings. The molecule has 3 aromatic rings. The van der Waals surface area contributed by atoms with Crippen molar-refractivity contribution >= 4 is 38.6 Å². The van der Waals surface area contributed by atoms with Crippen LogP contribution in [0.25, 0.3) is 0 Å². The summed E-state index contributed by atoms with van der Waals surface area (Å²) < 4.78 is 28.2. The molecule has 2 heterocycles. The molecule has 0 radical (unpaired) electrons. The summed E-state index contributed by atoms with van der Waals surface area (Å²) in [6.07, 6.45) is 0.700. The normalized spacial score (nSPS) is 13.4. The highest BCUT2D eigenvalue weighted by molar-refractivity contribution is 7.92. The van der Waals surface area contributed by atoms with E-state index in [9.17, 15) is 13.2 Å². The minimum atomic E-state index is -3.67. The molecule has 1 aromatic heterocycles. The highest BCUT2D eigenvalue weighted by atomic mass is 32.2. The first kappa shape index (κ1) is 18.7. The lowest BCUT2D eigenvalue weighted by molar-refractivity contribution is 0.0993. The van der Waals surface area contributed by atoms with Gasteiger partial charge in [-0.15, -0.1) is 11.3 Å². The molecule has 5 nitrogen and oxygen atoms in total. The van der Waals surface area contributed by atoms with Gasteiger partial charge >= 0.3 is 0 Å². The van der Waals surface area contributed by atoms with Gasteiger partial charge < -0.3 is 4.90 Å². The number of benzene rings is 2. The molecule has 7 heteroatoms. The van der Waals surface area contributed by atoms with Crippen LogP contribution in [-0.2, 0) is 16.4 Å². The number of carbonyl (C=O) groups is 1. The monoisotopic (exact) mass is 412 g/mol. The van der Waals surface area contributed by atoms with Gasteiger partial charge in [-0.3, -0.25) is 9.52 Å². The van der Waals surface area contributed by atoms with Crippen LogP contribution in [0.5, 0.6) is 0 Å². The summed E-state index contributed by atoms with van der Waals surface area (Å²) in [5.74, 6) is -0.0163. The van der Waals surface area contributed by atoms with Crippen LogP contribution in [0.3, 0.4) is 0 Å². The van der Waals surface area contributed by atoms with Gasteiger partial charge in [0.05, 0.1) is 9.77 Å². The van der Waals surface area contributed by atoms with Gasteiger partial charge in [0, 0.05) is 17.9 Å². The average molecular weight is 413 g/mol. The number of thiophene rings is 1. The first-order valence-corrected chi connectivity index (χ1v) is 11.3. The van der Waals surface area contributed by atoms with Crippen LogP contribution in [0.15, 0.2) is 58.8 Å². The number of rotatable bonds is 4. The van der Waals surface area contributed by atoms with Crippen LogP contribution in [0, 0.1) is 13.8 Å². The van der Waals surface area contributed by atoms with Crippen molar-refractivity contribution in [1.82, 2.24) is 0 Å². The second-order valence-corrected chi connectivity index (χ2v) is 9.50. The third kappa shape index (κ3) is 3.43. The minimum Gasteiger partial charge on any atom is -0.307 e. The maximum absolute atomic E-state index is 12.8. The lowest BCUT2D eigenvalue weighted by Crippen LogP contribution is -2.28. The molecule has 4 rings (SSSR count). The summed E-state index contributed by atoms with van der Waals surface area (Å²) in [4.78, 5) is 15.4. The highest BCUT2D eigenvalue weighted by Crippen LogP contribution is 2.33. The third-order valence-electron chi connectivity index (χ3n) is 4.82. The molecule has 28 heavy (non-hydrogen) atoms. The molecule has 1 aliphatic heterocycles. The van der Waals surface area contributed by atoms with Gasteiger partial charge in [0.2, 0.25) is 0 Å². The second-order valence-electron chi connectivity index (χ2n) is 6.90. The molecule has 0 aliphatic carbocycles. The fourth-order valence-corrected chi connectivity index (χ4v) is 5.47. The van der Waals surface area contributed by atoms with Gasteiger partial charge in [0.25, 0.3) is 15.9 Å². The number of amides is 1. The number of nitrogens with zero attached hydrogens (tertiary/aromatic N) is 1. The van der Waals surface area contributed by atoms with Crippen molar-refractivity contribution in [2.45, 2.75) is 25.2 Å². The number of fused-ring (bicyclic) bond motifs is 1. The second kappa shape index (κ2) is 7.07. The number of sulfonamides is 1. The van der Waals surface area contributed by atoms with Gasteiger partial charge in [0.15, 0.2) is 0 Å². The quantitative estimate of drug-likeness (QED) is 0.692. The van der Waals surface area contributed by atoms with E-state index >= 15 is 0 Å². The molecule has 2 aromatic carbocycles. The number of carbonyl (C=O) groups excluding carboxylic acids is 1. The SMILES string of the molecule is Cc1ccc(S(=O)(=O)Nc2ccc3c(c2)CCN3C(=O)c2cccs2)c(C)c1. The Morgan fingerprint density at radius 3 is 2.64 bits per heavy atom. The van der Waals surface area contributed by atoms with E-state index in [4.69, 9.17) is 0 Å². The predicted octanol–water partition coefficient (Wildman–Crippen LogP) is 4.37. The van der Waals surface area contributed by atoms with E-state index < -0.39 is 10.0 Å². The van der Waals surface area contributed by atoms with E-state index in [-0.39, 0.29) is 10.8 Å². The summed E-state index contributed by atoms with van der Waals surface area (Å²) in [6, 6.07) is 14.3. The van der Waals surface area contributed by atoms with Crippen LogP contribution in [-0.4, -0.2) is 20.9 Å². The summed E-state index contributed by atoms with van der Waals surface area (Å²) in [7, 11) is -3.67. The Morgan fingerprint density at radius 2 is 1.93 bits per heavy atom. The van der Waals surface area contributed by atoms with Crippen LogP contribution in [0.1, 0.15) is 26.4 Å². The van der Waals surface area contributed by atoms with Crippen molar-refractivity contribution in [3.8, 4) is 0 Å². The molecule has 1 amide bonds. The van der Waals surface area contributed by atoms with Gasteiger partial charge in [-0.2, -0.15) is 0 Å². The Hall–Kier alpha value is -2.64. The Labute approximate surface area is 168 Å². The van der Waals surface area contributed by atoms with Crippen LogP contribution in [0.4, 0.5) is 11.4 Å². The van der Waals surface area contributed by atoms with E-state index in [0.717, 1.165) is 16.8 Å². The topological polar surface area (TPSA) is 66.5 Å². The molecule has 144 valence electrons. The summed E-state index contributed by atoms with van der Waals surface area (Å²) in [6.45, 7) is 4.32. The lowest BCUT2D eigenvalue weighted by Gasteiger charge is -2.17. The summed E-state index contributed by atoms with van der Waals surface area (Å²) >= 11 is 1.42. The van der Waals surface area contributed by atoms with E-state index in [0.29, 0.717) is 29.1 Å².